The summed E-state index contributed by atoms with van der Waals surface area (Å²) >= 11 is 0. The highest BCUT2D eigenvalue weighted by Gasteiger charge is 2.43. The lowest BCUT2D eigenvalue weighted by molar-refractivity contribution is -0.192. The van der Waals surface area contributed by atoms with Gasteiger partial charge in [-0.2, -0.15) is 13.2 Å². The van der Waals surface area contributed by atoms with Gasteiger partial charge < -0.3 is 26.0 Å². The third kappa shape index (κ3) is 6.80. The largest absolute Gasteiger partial charge is 0.490 e. The summed E-state index contributed by atoms with van der Waals surface area (Å²) in [7, 11) is 0. The van der Waals surface area contributed by atoms with Crippen molar-refractivity contribution < 1.29 is 27.9 Å². The van der Waals surface area contributed by atoms with Crippen LogP contribution in [0.3, 0.4) is 0 Å². The van der Waals surface area contributed by atoms with Crippen LogP contribution in [-0.2, 0) is 17.9 Å². The van der Waals surface area contributed by atoms with Crippen molar-refractivity contribution in [2.45, 2.75) is 25.6 Å². The number of hydrogen-bond acceptors (Lipinski definition) is 6. The molecule has 3 heterocycles. The van der Waals surface area contributed by atoms with Gasteiger partial charge in [0, 0.05) is 31.7 Å². The molecule has 1 amide bonds. The Morgan fingerprint density at radius 1 is 0.902 bits per heavy atom. The first-order chi connectivity index (χ1) is 19.7. The van der Waals surface area contributed by atoms with Gasteiger partial charge in [0.2, 0.25) is 0 Å². The number of nitrogens with zero attached hydrogens (tertiary/aromatic N) is 2. The number of rotatable bonds is 6. The number of aliphatic carboxylic acids is 1. The molecule has 2 fully saturated rings. The quantitative estimate of drug-likeness (QED) is 0.356. The van der Waals surface area contributed by atoms with E-state index >= 15 is 0 Å². The molecule has 0 spiro atoms. The maximum atomic E-state index is 12.9. The van der Waals surface area contributed by atoms with E-state index in [0.717, 1.165) is 61.5 Å². The highest BCUT2D eigenvalue weighted by molar-refractivity contribution is 5.97. The second-order valence-electron chi connectivity index (χ2n) is 10.5. The Morgan fingerprint density at radius 2 is 1.49 bits per heavy atom. The normalized spacial score (nSPS) is 21.3. The number of anilines is 2. The number of likely N-dealkylation sites (tertiary alicyclic amines) is 1. The van der Waals surface area contributed by atoms with E-state index in [1.807, 2.05) is 42.5 Å². The summed E-state index contributed by atoms with van der Waals surface area (Å²) in [6, 6.07) is 26.7. The number of carbonyl (C=O) groups is 2. The van der Waals surface area contributed by atoms with E-state index < -0.39 is 12.1 Å². The third-order valence-corrected chi connectivity index (χ3v) is 7.65. The molecule has 8 nitrogen and oxygen atoms in total. The number of carboxylic acid groups (broad SMARTS) is 1. The first kappa shape index (κ1) is 28.4. The monoisotopic (exact) mass is 567 g/mol. The average Bonchev–Trinajstić information content (AvgIpc) is 3.66. The molecule has 3 aliphatic heterocycles. The zero-order chi connectivity index (χ0) is 29.0. The summed E-state index contributed by atoms with van der Waals surface area (Å²) in [5.74, 6) is -1.35. The summed E-state index contributed by atoms with van der Waals surface area (Å²) < 4.78 is 31.7. The summed E-state index contributed by atoms with van der Waals surface area (Å²) in [5.41, 5.74) is 5.25. The summed E-state index contributed by atoms with van der Waals surface area (Å²) in [5, 5.41) is 17.5. The molecule has 216 valence electrons. The van der Waals surface area contributed by atoms with E-state index in [1.165, 1.54) is 5.56 Å². The number of benzene rings is 3. The number of halogens is 3. The Kier molecular flexibility index (Phi) is 8.46. The average molecular weight is 568 g/mol. The first-order valence-corrected chi connectivity index (χ1v) is 13.5. The van der Waals surface area contributed by atoms with Crippen molar-refractivity contribution in [1.82, 2.24) is 15.5 Å². The molecule has 3 aromatic rings. The SMILES string of the molecule is O=C(NCc1ccccc1)c1ccc2c(c1)NC(N1CC3CNCC3C1)N2Cc1ccccc1.O=C(O)C(F)(F)F. The summed E-state index contributed by atoms with van der Waals surface area (Å²) in [6.45, 7) is 5.78. The van der Waals surface area contributed by atoms with Crippen LogP contribution in [0.2, 0.25) is 0 Å². The number of carbonyl (C=O) groups excluding carboxylic acids is 1. The molecular weight excluding hydrogens is 535 g/mol. The predicted molar refractivity (Wildman–Crippen MR) is 149 cm³/mol. The fourth-order valence-electron chi connectivity index (χ4n) is 5.60. The Morgan fingerprint density at radius 3 is 2.07 bits per heavy atom. The number of carboxylic acids is 1. The third-order valence-electron chi connectivity index (χ3n) is 7.65. The van der Waals surface area contributed by atoms with Gasteiger partial charge in [-0.05, 0) is 54.3 Å². The second kappa shape index (κ2) is 12.2. The van der Waals surface area contributed by atoms with Crippen LogP contribution in [0.4, 0.5) is 24.5 Å². The molecule has 0 aromatic heterocycles. The van der Waals surface area contributed by atoms with Crippen LogP contribution in [0, 0.1) is 11.8 Å². The van der Waals surface area contributed by atoms with Crippen LogP contribution in [0.1, 0.15) is 21.5 Å². The molecule has 4 N–H and O–H groups in total. The van der Waals surface area contributed by atoms with Gasteiger partial charge in [-0.3, -0.25) is 9.69 Å². The highest BCUT2D eigenvalue weighted by Crippen LogP contribution is 2.40. The van der Waals surface area contributed by atoms with Crippen molar-refractivity contribution in [3.8, 4) is 0 Å². The molecule has 0 bridgehead atoms. The topological polar surface area (TPSA) is 96.9 Å². The number of hydrogen-bond donors (Lipinski definition) is 4. The van der Waals surface area contributed by atoms with Gasteiger partial charge in [-0.25, -0.2) is 4.79 Å². The Hall–Kier alpha value is -4.09. The molecule has 3 atom stereocenters. The molecule has 6 rings (SSSR count). The van der Waals surface area contributed by atoms with Crippen LogP contribution < -0.4 is 20.9 Å². The first-order valence-electron chi connectivity index (χ1n) is 13.5. The minimum Gasteiger partial charge on any atom is -0.475 e. The minimum atomic E-state index is -5.08. The van der Waals surface area contributed by atoms with Crippen molar-refractivity contribution in [3.63, 3.8) is 0 Å². The molecule has 0 saturated carbocycles. The van der Waals surface area contributed by atoms with Crippen molar-refractivity contribution in [2.24, 2.45) is 11.8 Å². The second-order valence-corrected chi connectivity index (χ2v) is 10.5. The zero-order valence-electron chi connectivity index (χ0n) is 22.3. The predicted octanol–water partition coefficient (Wildman–Crippen LogP) is 4.12. The van der Waals surface area contributed by atoms with E-state index in [-0.39, 0.29) is 12.2 Å². The maximum Gasteiger partial charge on any atom is 0.490 e. The van der Waals surface area contributed by atoms with Crippen LogP contribution in [0.25, 0.3) is 0 Å². The van der Waals surface area contributed by atoms with Crippen molar-refractivity contribution in [1.29, 1.82) is 0 Å². The van der Waals surface area contributed by atoms with Crippen molar-refractivity contribution in [3.05, 3.63) is 95.6 Å². The van der Waals surface area contributed by atoms with Gasteiger partial charge in [0.05, 0.1) is 11.4 Å². The Balaban J connectivity index is 0.000000431. The van der Waals surface area contributed by atoms with Gasteiger partial charge in [0.15, 0.2) is 6.29 Å². The van der Waals surface area contributed by atoms with Crippen LogP contribution in [0.5, 0.6) is 0 Å². The van der Waals surface area contributed by atoms with Crippen molar-refractivity contribution >= 4 is 23.3 Å². The van der Waals surface area contributed by atoms with E-state index in [2.05, 4.69) is 62.1 Å². The Bertz CT molecular complexity index is 1340. The summed E-state index contributed by atoms with van der Waals surface area (Å²) in [4.78, 5) is 26.8. The summed E-state index contributed by atoms with van der Waals surface area (Å²) in [6.07, 6.45) is -4.98. The van der Waals surface area contributed by atoms with Gasteiger partial charge in [0.25, 0.3) is 5.91 Å². The number of fused-ring (bicyclic) bond motifs is 2. The fourth-order valence-corrected chi connectivity index (χ4v) is 5.60. The lowest BCUT2D eigenvalue weighted by Crippen LogP contribution is -2.49. The lowest BCUT2D eigenvalue weighted by atomic mass is 10.0. The van der Waals surface area contributed by atoms with Gasteiger partial charge in [-0.1, -0.05) is 60.7 Å². The minimum absolute atomic E-state index is 0.0479. The number of alkyl halides is 3. The molecule has 3 aliphatic rings. The molecule has 3 unspecified atom stereocenters. The van der Waals surface area contributed by atoms with E-state index in [0.29, 0.717) is 12.1 Å². The standard InChI is InChI=1S/C28H31N5O.C2HF3O2/c34-27(30-14-20-7-3-1-4-8-20)22-11-12-26-25(13-22)31-28(32-18-23-15-29-16-24(23)19-32)33(26)17-21-9-5-2-6-10-21;3-2(4,5)1(6)7/h1-13,23-24,28-29,31H,14-19H2,(H,30,34);(H,6,7). The number of amides is 1. The Labute approximate surface area is 236 Å². The van der Waals surface area contributed by atoms with E-state index in [9.17, 15) is 18.0 Å². The smallest absolute Gasteiger partial charge is 0.475 e. The number of nitrogens with one attached hydrogen (secondary N) is 3. The molecule has 11 heteroatoms. The van der Waals surface area contributed by atoms with Crippen LogP contribution >= 0.6 is 0 Å². The molecule has 0 radical (unpaired) electrons. The maximum absolute atomic E-state index is 12.9. The molecule has 2 saturated heterocycles. The molecule has 0 aliphatic carbocycles. The molecule has 3 aromatic carbocycles. The van der Waals surface area contributed by atoms with E-state index in [4.69, 9.17) is 9.90 Å². The van der Waals surface area contributed by atoms with Crippen LogP contribution in [-0.4, -0.2) is 60.5 Å². The van der Waals surface area contributed by atoms with Crippen LogP contribution in [0.15, 0.2) is 78.9 Å². The highest BCUT2D eigenvalue weighted by atomic mass is 19.4. The lowest BCUT2D eigenvalue weighted by Gasteiger charge is -2.34. The molecular formula is C30H32F3N5O3. The molecule has 41 heavy (non-hydrogen) atoms. The van der Waals surface area contributed by atoms with Gasteiger partial charge in [-0.15, -0.1) is 0 Å². The van der Waals surface area contributed by atoms with E-state index in [1.54, 1.807) is 0 Å². The van der Waals surface area contributed by atoms with Gasteiger partial charge in [0.1, 0.15) is 0 Å². The zero-order valence-corrected chi connectivity index (χ0v) is 22.3. The van der Waals surface area contributed by atoms with Gasteiger partial charge >= 0.3 is 12.1 Å². The fraction of sp³-hybridized carbons (Fsp3) is 0.333. The van der Waals surface area contributed by atoms with Crippen molar-refractivity contribution in [2.75, 3.05) is 36.4 Å².